The van der Waals surface area contributed by atoms with Crippen LogP contribution in [0.2, 0.25) is 0 Å². The van der Waals surface area contributed by atoms with E-state index in [1.807, 2.05) is 6.08 Å². The molecule has 0 aromatic heterocycles. The molecule has 0 unspecified atom stereocenters. The van der Waals surface area contributed by atoms with Crippen molar-refractivity contribution in [2.75, 3.05) is 0 Å². The lowest BCUT2D eigenvalue weighted by molar-refractivity contribution is 0.354. The predicted octanol–water partition coefficient (Wildman–Crippen LogP) is 6.31. The summed E-state index contributed by atoms with van der Waals surface area (Å²) in [6.07, 6.45) is 8.91. The van der Waals surface area contributed by atoms with Gasteiger partial charge in [-0.15, -0.1) is 13.2 Å². The van der Waals surface area contributed by atoms with E-state index in [0.717, 1.165) is 25.7 Å². The molecule has 0 radical (unpaired) electrons. The Morgan fingerprint density at radius 1 is 0.944 bits per heavy atom. The Hall–Kier alpha value is -0.780. The molecule has 0 aliphatic carbocycles. The number of allylic oxidation sites excluding steroid dienone is 4. The van der Waals surface area contributed by atoms with Gasteiger partial charge in [-0.05, 0) is 50.4 Å². The minimum absolute atomic E-state index is 0.329. The van der Waals surface area contributed by atoms with Crippen LogP contribution in [0.5, 0.6) is 0 Å². The van der Waals surface area contributed by atoms with E-state index < -0.39 is 0 Å². The first-order chi connectivity index (χ1) is 8.08. The molecule has 104 valence electrons. The molecule has 0 rings (SSSR count). The molecule has 0 fully saturated rings. The van der Waals surface area contributed by atoms with Gasteiger partial charge in [0.15, 0.2) is 0 Å². The summed E-state index contributed by atoms with van der Waals surface area (Å²) < 4.78 is 0. The zero-order valence-electron chi connectivity index (χ0n) is 13.4. The summed E-state index contributed by atoms with van der Waals surface area (Å²) in [5, 5.41) is 0. The Bertz CT molecular complexity index is 313. The minimum Gasteiger partial charge on any atom is -0.103 e. The van der Waals surface area contributed by atoms with Gasteiger partial charge in [0.05, 0.1) is 0 Å². The molecule has 0 aromatic carbocycles. The third kappa shape index (κ3) is 8.33. The van der Waals surface area contributed by atoms with Crippen LogP contribution in [-0.2, 0) is 0 Å². The summed E-state index contributed by atoms with van der Waals surface area (Å²) in [5.41, 5.74) is 3.44. The number of hydrogen-bond acceptors (Lipinski definition) is 0. The first-order valence-electron chi connectivity index (χ1n) is 6.99. The van der Waals surface area contributed by atoms with Gasteiger partial charge in [0.2, 0.25) is 0 Å². The maximum atomic E-state index is 4.02. The largest absolute Gasteiger partial charge is 0.103 e. The molecule has 0 saturated carbocycles. The topological polar surface area (TPSA) is 0 Å². The Labute approximate surface area is 115 Å². The molecule has 0 heterocycles. The maximum Gasteiger partial charge on any atom is -0.0268 e. The summed E-state index contributed by atoms with van der Waals surface area (Å²) in [7, 11) is 0. The summed E-state index contributed by atoms with van der Waals surface area (Å²) in [6, 6.07) is 0. The van der Waals surface area contributed by atoms with Gasteiger partial charge in [-0.3, -0.25) is 0 Å². The molecule has 0 aliphatic heterocycles. The highest BCUT2D eigenvalue weighted by atomic mass is 14.2. The van der Waals surface area contributed by atoms with Crippen LogP contribution in [0.4, 0.5) is 0 Å². The van der Waals surface area contributed by atoms with E-state index >= 15 is 0 Å². The van der Waals surface area contributed by atoms with Crippen molar-refractivity contribution in [1.82, 2.24) is 0 Å². The second-order valence-corrected chi connectivity index (χ2v) is 7.39. The fourth-order valence-electron chi connectivity index (χ4n) is 2.63. The van der Waals surface area contributed by atoms with Crippen LogP contribution in [0.3, 0.4) is 0 Å². The van der Waals surface area contributed by atoms with Gasteiger partial charge in [0.1, 0.15) is 0 Å². The third-order valence-corrected chi connectivity index (χ3v) is 3.24. The fourth-order valence-corrected chi connectivity index (χ4v) is 2.63. The Kier molecular flexibility index (Phi) is 6.67. The van der Waals surface area contributed by atoms with Gasteiger partial charge in [0.25, 0.3) is 0 Å². The molecule has 0 aliphatic rings. The molecular weight excluding hydrogens is 216 g/mol. The quantitative estimate of drug-likeness (QED) is 0.442. The smallest absolute Gasteiger partial charge is 0.0268 e. The van der Waals surface area contributed by atoms with E-state index in [-0.39, 0.29) is 0 Å². The molecule has 0 saturated heterocycles. The van der Waals surface area contributed by atoms with Crippen LogP contribution in [0.1, 0.15) is 67.2 Å². The molecule has 0 heteroatoms. The highest BCUT2D eigenvalue weighted by Crippen LogP contribution is 2.32. The highest BCUT2D eigenvalue weighted by molar-refractivity contribution is 5.05. The lowest BCUT2D eigenvalue weighted by Gasteiger charge is -2.26. The second kappa shape index (κ2) is 6.97. The second-order valence-electron chi connectivity index (χ2n) is 7.39. The predicted molar refractivity (Wildman–Crippen MR) is 84.8 cm³/mol. The van der Waals surface area contributed by atoms with E-state index in [4.69, 9.17) is 0 Å². The van der Waals surface area contributed by atoms with E-state index in [1.54, 1.807) is 0 Å². The summed E-state index contributed by atoms with van der Waals surface area (Å²) in [6.45, 7) is 21.5. The van der Waals surface area contributed by atoms with Crippen LogP contribution >= 0.6 is 0 Å². The molecule has 0 bridgehead atoms. The highest BCUT2D eigenvalue weighted by Gasteiger charge is 2.19. The first kappa shape index (κ1) is 17.2. The van der Waals surface area contributed by atoms with Crippen LogP contribution in [0.25, 0.3) is 0 Å². The van der Waals surface area contributed by atoms with Crippen molar-refractivity contribution in [1.29, 1.82) is 0 Å². The molecule has 0 aromatic rings. The summed E-state index contributed by atoms with van der Waals surface area (Å²) >= 11 is 0. The zero-order valence-corrected chi connectivity index (χ0v) is 13.4. The van der Waals surface area contributed by atoms with Crippen molar-refractivity contribution in [3.05, 3.63) is 36.5 Å². The summed E-state index contributed by atoms with van der Waals surface area (Å²) in [4.78, 5) is 0. The SMILES string of the molecule is C=CCC(C)(C)CC(C)=CCC(C)(C)CC(=C)C. The van der Waals surface area contributed by atoms with E-state index in [0.29, 0.717) is 10.8 Å². The molecule has 0 nitrogen and oxygen atoms in total. The molecule has 0 spiro atoms. The van der Waals surface area contributed by atoms with Crippen LogP contribution in [0, 0.1) is 10.8 Å². The van der Waals surface area contributed by atoms with E-state index in [2.05, 4.69) is 60.8 Å². The Balaban J connectivity index is 4.43. The lowest BCUT2D eigenvalue weighted by atomic mass is 9.80. The number of hydrogen-bond donors (Lipinski definition) is 0. The fraction of sp³-hybridized carbons (Fsp3) is 0.667. The molecule has 0 atom stereocenters. The lowest BCUT2D eigenvalue weighted by Crippen LogP contribution is -2.12. The molecule has 0 N–H and O–H groups in total. The van der Waals surface area contributed by atoms with Gasteiger partial charge >= 0.3 is 0 Å². The minimum atomic E-state index is 0.329. The molecular formula is C18H32. The molecule has 18 heavy (non-hydrogen) atoms. The van der Waals surface area contributed by atoms with Gasteiger partial charge in [0, 0.05) is 0 Å². The summed E-state index contributed by atoms with van der Waals surface area (Å²) in [5.74, 6) is 0. The van der Waals surface area contributed by atoms with Crippen molar-refractivity contribution in [3.63, 3.8) is 0 Å². The van der Waals surface area contributed by atoms with Crippen molar-refractivity contribution in [3.8, 4) is 0 Å². The third-order valence-electron chi connectivity index (χ3n) is 3.24. The average Bonchev–Trinajstić information content (AvgIpc) is 2.11. The van der Waals surface area contributed by atoms with Crippen LogP contribution in [-0.4, -0.2) is 0 Å². The van der Waals surface area contributed by atoms with Gasteiger partial charge in [-0.2, -0.15) is 0 Å². The van der Waals surface area contributed by atoms with Gasteiger partial charge in [-0.1, -0.05) is 51.0 Å². The Morgan fingerprint density at radius 2 is 1.44 bits per heavy atom. The normalized spacial score (nSPS) is 13.6. The Morgan fingerprint density at radius 3 is 1.89 bits per heavy atom. The van der Waals surface area contributed by atoms with Crippen molar-refractivity contribution in [2.24, 2.45) is 10.8 Å². The monoisotopic (exact) mass is 248 g/mol. The van der Waals surface area contributed by atoms with Crippen molar-refractivity contribution in [2.45, 2.75) is 67.2 Å². The van der Waals surface area contributed by atoms with Gasteiger partial charge in [-0.25, -0.2) is 0 Å². The van der Waals surface area contributed by atoms with Gasteiger partial charge < -0.3 is 0 Å². The maximum absolute atomic E-state index is 4.02. The van der Waals surface area contributed by atoms with E-state index in [9.17, 15) is 0 Å². The van der Waals surface area contributed by atoms with Crippen molar-refractivity contribution >= 4 is 0 Å². The zero-order chi connectivity index (χ0) is 14.4. The molecule has 0 amide bonds. The van der Waals surface area contributed by atoms with Crippen LogP contribution in [0.15, 0.2) is 36.5 Å². The van der Waals surface area contributed by atoms with E-state index in [1.165, 1.54) is 11.1 Å². The number of rotatable bonds is 8. The standard InChI is InChI=1S/C18H32/c1-9-11-17(5,6)14-16(4)10-12-18(7,8)13-15(2)3/h9-10H,1-2,11-14H2,3-8H3. The van der Waals surface area contributed by atoms with Crippen LogP contribution < -0.4 is 0 Å². The first-order valence-corrected chi connectivity index (χ1v) is 6.99. The van der Waals surface area contributed by atoms with Crippen molar-refractivity contribution < 1.29 is 0 Å². The average molecular weight is 248 g/mol.